The van der Waals surface area contributed by atoms with Crippen LogP contribution in [-0.4, -0.2) is 68.3 Å². The zero-order valence-corrected chi connectivity index (χ0v) is 10.8. The largest absolute Gasteiger partial charge is 0.376 e. The molecule has 1 unspecified atom stereocenters. The van der Waals surface area contributed by atoms with Gasteiger partial charge in [-0.1, -0.05) is 6.92 Å². The van der Waals surface area contributed by atoms with Crippen molar-refractivity contribution >= 4 is 0 Å². The first kappa shape index (κ1) is 13.9. The van der Waals surface area contributed by atoms with Gasteiger partial charge in [-0.25, -0.2) is 0 Å². The van der Waals surface area contributed by atoms with Crippen molar-refractivity contribution in [3.05, 3.63) is 0 Å². The number of nitrogens with zero attached hydrogens (tertiary/aromatic N) is 2. The molecule has 1 rings (SSSR count). The monoisotopic (exact) mass is 229 g/mol. The smallest absolute Gasteiger partial charge is 0.0823 e. The fourth-order valence-electron chi connectivity index (χ4n) is 2.23. The van der Waals surface area contributed by atoms with Crippen LogP contribution in [0, 0.1) is 0 Å². The molecule has 0 radical (unpaired) electrons. The molecule has 0 aromatic heterocycles. The maximum absolute atomic E-state index is 5.69. The maximum Gasteiger partial charge on any atom is 0.0823 e. The van der Waals surface area contributed by atoms with Gasteiger partial charge in [0.15, 0.2) is 0 Å². The van der Waals surface area contributed by atoms with Crippen molar-refractivity contribution in [2.75, 3.05) is 52.4 Å². The molecule has 0 aliphatic carbocycles. The fraction of sp³-hybridized carbons (Fsp3) is 1.00. The van der Waals surface area contributed by atoms with Crippen LogP contribution < -0.4 is 5.73 Å². The van der Waals surface area contributed by atoms with Crippen LogP contribution in [0.2, 0.25) is 0 Å². The Balaban J connectivity index is 2.20. The minimum atomic E-state index is 0.211. The van der Waals surface area contributed by atoms with Gasteiger partial charge < -0.3 is 15.4 Å². The zero-order chi connectivity index (χ0) is 11.8. The molecule has 1 aliphatic rings. The summed E-state index contributed by atoms with van der Waals surface area (Å²) in [5.74, 6) is 0. The molecule has 4 heteroatoms. The van der Waals surface area contributed by atoms with Gasteiger partial charge >= 0.3 is 0 Å². The second-order valence-electron chi connectivity index (χ2n) is 4.46. The first-order valence-electron chi connectivity index (χ1n) is 6.56. The van der Waals surface area contributed by atoms with Gasteiger partial charge in [0.25, 0.3) is 0 Å². The summed E-state index contributed by atoms with van der Waals surface area (Å²) in [6, 6.07) is 0. The van der Waals surface area contributed by atoms with E-state index in [1.165, 1.54) is 26.1 Å². The van der Waals surface area contributed by atoms with Crippen molar-refractivity contribution in [2.45, 2.75) is 26.4 Å². The molecule has 0 aromatic rings. The summed E-state index contributed by atoms with van der Waals surface area (Å²) in [6.07, 6.45) is 1.47. The van der Waals surface area contributed by atoms with Crippen LogP contribution >= 0.6 is 0 Å². The lowest BCUT2D eigenvalue weighted by Crippen LogP contribution is -2.49. The van der Waals surface area contributed by atoms with Gasteiger partial charge in [0.05, 0.1) is 6.10 Å². The number of piperazine rings is 1. The maximum atomic E-state index is 5.69. The van der Waals surface area contributed by atoms with E-state index in [0.29, 0.717) is 6.54 Å². The van der Waals surface area contributed by atoms with Crippen molar-refractivity contribution < 1.29 is 4.74 Å². The summed E-state index contributed by atoms with van der Waals surface area (Å²) in [4.78, 5) is 5.01. The summed E-state index contributed by atoms with van der Waals surface area (Å²) < 4.78 is 5.59. The Morgan fingerprint density at radius 2 is 1.75 bits per heavy atom. The van der Waals surface area contributed by atoms with Crippen molar-refractivity contribution in [3.63, 3.8) is 0 Å². The molecular formula is C12H27N3O. The Labute approximate surface area is 99.7 Å². The van der Waals surface area contributed by atoms with Gasteiger partial charge in [0.2, 0.25) is 0 Å². The van der Waals surface area contributed by atoms with Gasteiger partial charge in [0.1, 0.15) is 0 Å². The van der Waals surface area contributed by atoms with E-state index in [1.807, 2.05) is 6.92 Å². The zero-order valence-electron chi connectivity index (χ0n) is 10.8. The predicted molar refractivity (Wildman–Crippen MR) is 67.6 cm³/mol. The third-order valence-corrected chi connectivity index (χ3v) is 3.13. The van der Waals surface area contributed by atoms with E-state index in [2.05, 4.69) is 16.7 Å². The van der Waals surface area contributed by atoms with Gasteiger partial charge in [-0.3, -0.25) is 4.90 Å². The Bertz CT molecular complexity index is 170. The fourth-order valence-corrected chi connectivity index (χ4v) is 2.23. The molecule has 0 spiro atoms. The molecule has 0 aromatic carbocycles. The highest BCUT2D eigenvalue weighted by Crippen LogP contribution is 2.04. The Morgan fingerprint density at radius 1 is 1.12 bits per heavy atom. The first-order chi connectivity index (χ1) is 7.80. The van der Waals surface area contributed by atoms with E-state index >= 15 is 0 Å². The molecule has 2 N–H and O–H groups in total. The minimum Gasteiger partial charge on any atom is -0.376 e. The topological polar surface area (TPSA) is 41.7 Å². The first-order valence-corrected chi connectivity index (χ1v) is 6.56. The molecule has 0 bridgehead atoms. The number of rotatable bonds is 7. The molecule has 4 nitrogen and oxygen atoms in total. The molecule has 1 fully saturated rings. The van der Waals surface area contributed by atoms with Crippen LogP contribution in [0.25, 0.3) is 0 Å². The Kier molecular flexibility index (Phi) is 6.96. The third kappa shape index (κ3) is 4.78. The summed E-state index contributed by atoms with van der Waals surface area (Å²) in [7, 11) is 0. The van der Waals surface area contributed by atoms with Crippen LogP contribution in [0.15, 0.2) is 0 Å². The van der Waals surface area contributed by atoms with Gasteiger partial charge in [-0.2, -0.15) is 0 Å². The van der Waals surface area contributed by atoms with E-state index in [-0.39, 0.29) is 6.10 Å². The summed E-state index contributed by atoms with van der Waals surface area (Å²) in [5.41, 5.74) is 5.69. The van der Waals surface area contributed by atoms with Crippen LogP contribution in [0.5, 0.6) is 0 Å². The lowest BCUT2D eigenvalue weighted by Gasteiger charge is -2.36. The van der Waals surface area contributed by atoms with Crippen molar-refractivity contribution in [1.82, 2.24) is 9.80 Å². The number of hydrogen-bond acceptors (Lipinski definition) is 4. The van der Waals surface area contributed by atoms with Crippen LogP contribution in [0.1, 0.15) is 20.3 Å². The molecular weight excluding hydrogens is 202 g/mol. The molecule has 0 amide bonds. The van der Waals surface area contributed by atoms with Crippen molar-refractivity contribution in [1.29, 1.82) is 0 Å². The molecule has 1 saturated heterocycles. The second-order valence-corrected chi connectivity index (χ2v) is 4.46. The average molecular weight is 229 g/mol. The SMILES string of the molecule is CCCN1CCN(CC(CN)OCC)CC1. The van der Waals surface area contributed by atoms with Crippen LogP contribution in [-0.2, 0) is 4.74 Å². The van der Waals surface area contributed by atoms with Crippen molar-refractivity contribution in [2.24, 2.45) is 5.73 Å². The second kappa shape index (κ2) is 8.01. The summed E-state index contributed by atoms with van der Waals surface area (Å²) in [5, 5.41) is 0. The number of hydrogen-bond donors (Lipinski definition) is 1. The molecule has 16 heavy (non-hydrogen) atoms. The Hall–Kier alpha value is -0.160. The normalized spacial score (nSPS) is 21.2. The van der Waals surface area contributed by atoms with E-state index < -0.39 is 0 Å². The van der Waals surface area contributed by atoms with Crippen molar-refractivity contribution in [3.8, 4) is 0 Å². The van der Waals surface area contributed by atoms with Crippen LogP contribution in [0.4, 0.5) is 0 Å². The molecule has 1 atom stereocenters. The lowest BCUT2D eigenvalue weighted by atomic mass is 10.2. The third-order valence-electron chi connectivity index (χ3n) is 3.13. The predicted octanol–water partition coefficient (Wildman–Crippen LogP) is 0.378. The van der Waals surface area contributed by atoms with E-state index in [9.17, 15) is 0 Å². The molecule has 96 valence electrons. The highest BCUT2D eigenvalue weighted by Gasteiger charge is 2.18. The average Bonchev–Trinajstić information content (AvgIpc) is 2.31. The Morgan fingerprint density at radius 3 is 2.25 bits per heavy atom. The quantitative estimate of drug-likeness (QED) is 0.685. The highest BCUT2D eigenvalue weighted by atomic mass is 16.5. The molecule has 1 aliphatic heterocycles. The summed E-state index contributed by atoms with van der Waals surface area (Å²) >= 11 is 0. The number of nitrogens with two attached hydrogens (primary N) is 1. The molecule has 0 saturated carbocycles. The lowest BCUT2D eigenvalue weighted by molar-refractivity contribution is 0.0245. The van der Waals surface area contributed by atoms with E-state index in [0.717, 1.165) is 26.2 Å². The summed E-state index contributed by atoms with van der Waals surface area (Å²) in [6.45, 7) is 12.6. The van der Waals surface area contributed by atoms with E-state index in [4.69, 9.17) is 10.5 Å². The van der Waals surface area contributed by atoms with Gasteiger partial charge in [-0.15, -0.1) is 0 Å². The van der Waals surface area contributed by atoms with Gasteiger partial charge in [0, 0.05) is 45.9 Å². The standard InChI is InChI=1S/C12H27N3O/c1-3-5-14-6-8-15(9-7-14)11-12(10-13)16-4-2/h12H,3-11,13H2,1-2H3. The van der Waals surface area contributed by atoms with E-state index in [1.54, 1.807) is 0 Å². The molecule has 1 heterocycles. The minimum absolute atomic E-state index is 0.211. The van der Waals surface area contributed by atoms with Gasteiger partial charge in [-0.05, 0) is 19.9 Å². The van der Waals surface area contributed by atoms with Crippen LogP contribution in [0.3, 0.4) is 0 Å². The highest BCUT2D eigenvalue weighted by molar-refractivity contribution is 4.74. The number of ether oxygens (including phenoxy) is 1.